The second kappa shape index (κ2) is 6.68. The Bertz CT molecular complexity index is 1010. The van der Waals surface area contributed by atoms with E-state index in [1.54, 1.807) is 11.3 Å². The molecule has 1 atom stereocenters. The molecule has 1 saturated heterocycles. The van der Waals surface area contributed by atoms with Crippen molar-refractivity contribution < 1.29 is 4.79 Å². The topological polar surface area (TPSA) is 59.0 Å². The molecule has 1 amide bonds. The number of amides is 1. The first-order valence-electron chi connectivity index (χ1n) is 9.68. The molecule has 2 fully saturated rings. The lowest BCUT2D eigenvalue weighted by molar-refractivity contribution is -0.121. The molecule has 6 heteroatoms. The molecule has 2 aliphatic rings. The van der Waals surface area contributed by atoms with Crippen LogP contribution in [0.1, 0.15) is 60.2 Å². The number of pyridine rings is 1. The molecule has 0 spiro atoms. The van der Waals surface area contributed by atoms with Crippen molar-refractivity contribution in [2.45, 2.75) is 51.0 Å². The molecule has 1 unspecified atom stereocenters. The molecule has 1 saturated carbocycles. The lowest BCUT2D eigenvalue weighted by atomic mass is 9.97. The van der Waals surface area contributed by atoms with E-state index < -0.39 is 0 Å². The molecule has 5 nitrogen and oxygen atoms in total. The molecular formula is C21H22N4OS. The minimum atomic E-state index is 0.194. The Morgan fingerprint density at radius 3 is 2.89 bits per heavy atom. The van der Waals surface area contributed by atoms with Crippen LogP contribution in [0.2, 0.25) is 0 Å². The molecule has 0 aromatic carbocycles. The van der Waals surface area contributed by atoms with Crippen molar-refractivity contribution in [2.75, 3.05) is 6.54 Å². The molecule has 0 N–H and O–H groups in total. The number of rotatable bonds is 4. The molecule has 27 heavy (non-hydrogen) atoms. The van der Waals surface area contributed by atoms with Crippen molar-refractivity contribution in [1.82, 2.24) is 19.9 Å². The molecule has 4 heterocycles. The summed E-state index contributed by atoms with van der Waals surface area (Å²) in [6, 6.07) is 4.22. The average molecular weight is 379 g/mol. The summed E-state index contributed by atoms with van der Waals surface area (Å²) in [7, 11) is 0. The smallest absolute Gasteiger partial charge is 0.210 e. The number of aryl methyl sites for hydroxylation is 1. The lowest BCUT2D eigenvalue weighted by Gasteiger charge is -2.32. The molecule has 1 aliphatic heterocycles. The second-order valence-electron chi connectivity index (χ2n) is 7.60. The Morgan fingerprint density at radius 2 is 2.11 bits per heavy atom. The number of thiophene rings is 1. The monoisotopic (exact) mass is 378 g/mol. The van der Waals surface area contributed by atoms with E-state index >= 15 is 0 Å². The SMILES string of the molecule is Cc1cc(-c2cnc3c(C4CC4)c(C4CCCCN4C=O)sc3n2)ccn1. The normalized spacial score (nSPS) is 20.2. The van der Waals surface area contributed by atoms with Gasteiger partial charge in [-0.05, 0) is 62.6 Å². The van der Waals surface area contributed by atoms with Gasteiger partial charge in [-0.1, -0.05) is 0 Å². The number of carbonyl (C=O) groups is 1. The van der Waals surface area contributed by atoms with Crippen LogP contribution in [-0.4, -0.2) is 32.8 Å². The number of aromatic nitrogens is 3. The van der Waals surface area contributed by atoms with Gasteiger partial charge >= 0.3 is 0 Å². The second-order valence-corrected chi connectivity index (χ2v) is 8.63. The fourth-order valence-corrected chi connectivity index (χ4v) is 5.50. The zero-order valence-electron chi connectivity index (χ0n) is 15.4. The van der Waals surface area contributed by atoms with Crippen LogP contribution in [0.5, 0.6) is 0 Å². The Balaban J connectivity index is 1.63. The highest BCUT2D eigenvalue weighted by atomic mass is 32.1. The van der Waals surface area contributed by atoms with Crippen molar-refractivity contribution >= 4 is 28.1 Å². The van der Waals surface area contributed by atoms with Crippen LogP contribution in [0.15, 0.2) is 24.5 Å². The van der Waals surface area contributed by atoms with E-state index in [0.29, 0.717) is 5.92 Å². The van der Waals surface area contributed by atoms with Gasteiger partial charge in [-0.25, -0.2) is 4.98 Å². The van der Waals surface area contributed by atoms with Crippen molar-refractivity contribution in [1.29, 1.82) is 0 Å². The fourth-order valence-electron chi connectivity index (χ4n) is 4.12. The number of piperidine rings is 1. The number of hydrogen-bond donors (Lipinski definition) is 0. The molecule has 5 rings (SSSR count). The van der Waals surface area contributed by atoms with E-state index in [-0.39, 0.29) is 6.04 Å². The largest absolute Gasteiger partial charge is 0.337 e. The van der Waals surface area contributed by atoms with Crippen LogP contribution in [0, 0.1) is 6.92 Å². The standard InChI is InChI=1S/C21H22N4OS/c1-13-10-15(7-8-22-13)16-11-23-19-18(14-5-6-14)20(27-21(19)24-16)17-4-2-3-9-25(17)12-26/h7-8,10-12,14,17H,2-6,9H2,1H3. The summed E-state index contributed by atoms with van der Waals surface area (Å²) in [5.41, 5.74) is 5.32. The van der Waals surface area contributed by atoms with Gasteiger partial charge in [0.1, 0.15) is 10.3 Å². The van der Waals surface area contributed by atoms with Gasteiger partial charge in [0.2, 0.25) is 6.41 Å². The van der Waals surface area contributed by atoms with E-state index in [4.69, 9.17) is 9.97 Å². The van der Waals surface area contributed by atoms with Crippen LogP contribution >= 0.6 is 11.3 Å². The number of carbonyl (C=O) groups excluding carboxylic acids is 1. The maximum atomic E-state index is 11.6. The molecule has 1 aliphatic carbocycles. The zero-order valence-corrected chi connectivity index (χ0v) is 16.2. The van der Waals surface area contributed by atoms with Crippen LogP contribution < -0.4 is 0 Å². The number of likely N-dealkylation sites (tertiary alicyclic amines) is 1. The fraction of sp³-hybridized carbons (Fsp3) is 0.429. The quantitative estimate of drug-likeness (QED) is 0.622. The van der Waals surface area contributed by atoms with Crippen molar-refractivity contribution in [3.05, 3.63) is 40.7 Å². The van der Waals surface area contributed by atoms with Gasteiger partial charge in [-0.3, -0.25) is 14.8 Å². The summed E-state index contributed by atoms with van der Waals surface area (Å²) < 4.78 is 0. The summed E-state index contributed by atoms with van der Waals surface area (Å²) in [6.45, 7) is 2.84. The van der Waals surface area contributed by atoms with Crippen molar-refractivity contribution in [3.63, 3.8) is 0 Å². The van der Waals surface area contributed by atoms with Gasteiger partial charge in [0.05, 0.1) is 17.9 Å². The Morgan fingerprint density at radius 1 is 1.22 bits per heavy atom. The highest BCUT2D eigenvalue weighted by Gasteiger charge is 2.35. The Kier molecular flexibility index (Phi) is 4.16. The van der Waals surface area contributed by atoms with Gasteiger partial charge in [-0.15, -0.1) is 11.3 Å². The third kappa shape index (κ3) is 3.02. The molecule has 0 radical (unpaired) electrons. The van der Waals surface area contributed by atoms with E-state index in [1.807, 2.05) is 36.4 Å². The maximum Gasteiger partial charge on any atom is 0.210 e. The predicted molar refractivity (Wildman–Crippen MR) is 107 cm³/mol. The van der Waals surface area contributed by atoms with Crippen LogP contribution in [0.3, 0.4) is 0 Å². The summed E-state index contributed by atoms with van der Waals surface area (Å²) >= 11 is 1.74. The number of hydrogen-bond acceptors (Lipinski definition) is 5. The van der Waals surface area contributed by atoms with Crippen molar-refractivity contribution in [2.24, 2.45) is 0 Å². The van der Waals surface area contributed by atoms with E-state index in [9.17, 15) is 4.79 Å². The minimum absolute atomic E-state index is 0.194. The van der Waals surface area contributed by atoms with Crippen LogP contribution in [0.25, 0.3) is 21.6 Å². The van der Waals surface area contributed by atoms with Gasteiger partial charge in [0.25, 0.3) is 0 Å². The van der Waals surface area contributed by atoms with Crippen LogP contribution in [-0.2, 0) is 4.79 Å². The summed E-state index contributed by atoms with van der Waals surface area (Å²) in [4.78, 5) is 30.0. The Labute approximate surface area is 162 Å². The third-order valence-corrected chi connectivity index (χ3v) is 6.82. The summed E-state index contributed by atoms with van der Waals surface area (Å²) in [5, 5.41) is 0. The highest BCUT2D eigenvalue weighted by Crippen LogP contribution is 2.50. The first kappa shape index (κ1) is 16.8. The first-order valence-corrected chi connectivity index (χ1v) is 10.5. The van der Waals surface area contributed by atoms with Gasteiger partial charge in [0, 0.05) is 28.9 Å². The van der Waals surface area contributed by atoms with E-state index in [0.717, 1.165) is 53.1 Å². The summed E-state index contributed by atoms with van der Waals surface area (Å²) in [6.07, 6.45) is 10.5. The third-order valence-electron chi connectivity index (χ3n) is 5.63. The molecular weight excluding hydrogens is 356 g/mol. The number of fused-ring (bicyclic) bond motifs is 1. The van der Waals surface area contributed by atoms with Crippen LogP contribution in [0.4, 0.5) is 0 Å². The van der Waals surface area contributed by atoms with Gasteiger partial charge in [0.15, 0.2) is 0 Å². The summed E-state index contributed by atoms with van der Waals surface area (Å²) in [5.74, 6) is 0.590. The predicted octanol–water partition coefficient (Wildman–Crippen LogP) is 4.62. The zero-order chi connectivity index (χ0) is 18.4. The maximum absolute atomic E-state index is 11.6. The molecule has 3 aromatic heterocycles. The molecule has 138 valence electrons. The van der Waals surface area contributed by atoms with E-state index in [2.05, 4.69) is 4.98 Å². The van der Waals surface area contributed by atoms with E-state index in [1.165, 1.54) is 29.7 Å². The van der Waals surface area contributed by atoms with Gasteiger partial charge < -0.3 is 4.90 Å². The minimum Gasteiger partial charge on any atom is -0.337 e. The molecule has 3 aromatic rings. The number of nitrogens with zero attached hydrogens (tertiary/aromatic N) is 4. The first-order chi connectivity index (χ1) is 13.2. The average Bonchev–Trinajstić information content (AvgIpc) is 3.47. The lowest BCUT2D eigenvalue weighted by Crippen LogP contribution is -2.32. The van der Waals surface area contributed by atoms with Gasteiger partial charge in [-0.2, -0.15) is 0 Å². The Hall–Kier alpha value is -2.34. The molecule has 0 bridgehead atoms. The highest BCUT2D eigenvalue weighted by molar-refractivity contribution is 7.18. The van der Waals surface area contributed by atoms with Crippen molar-refractivity contribution in [3.8, 4) is 11.3 Å².